The first-order valence-electron chi connectivity index (χ1n) is 8.32. The van der Waals surface area contributed by atoms with Gasteiger partial charge in [0.1, 0.15) is 0 Å². The van der Waals surface area contributed by atoms with Crippen LogP contribution in [0.2, 0.25) is 0 Å². The first-order valence-corrected chi connectivity index (χ1v) is 9.14. The Balaban J connectivity index is 1.46. The van der Waals surface area contributed by atoms with Crippen LogP contribution in [0.15, 0.2) is 99.2 Å². The molecule has 0 spiro atoms. The zero-order chi connectivity index (χ0) is 17.6. The second-order valence-corrected chi connectivity index (χ2v) is 6.76. The van der Waals surface area contributed by atoms with Crippen LogP contribution in [-0.4, -0.2) is 10.1 Å². The molecule has 26 heavy (non-hydrogen) atoms. The molecule has 3 aromatic carbocycles. The molecule has 0 aliphatic heterocycles. The molecule has 0 fully saturated rings. The number of anilines is 1. The van der Waals surface area contributed by atoms with E-state index in [4.69, 9.17) is 4.52 Å². The second kappa shape index (κ2) is 7.89. The van der Waals surface area contributed by atoms with Crippen LogP contribution in [0.3, 0.4) is 0 Å². The molecule has 0 radical (unpaired) electrons. The average molecular weight is 359 g/mol. The van der Waals surface area contributed by atoms with Gasteiger partial charge in [-0.25, -0.2) is 0 Å². The maximum Gasteiger partial charge on any atom is 0.246 e. The number of benzene rings is 3. The fraction of sp³-hybridized carbons (Fsp3) is 0.0476. The largest absolute Gasteiger partial charge is 0.375 e. The predicted octanol–water partition coefficient (Wildman–Crippen LogP) is 5.50. The van der Waals surface area contributed by atoms with Crippen molar-refractivity contribution in [2.45, 2.75) is 16.3 Å². The summed E-state index contributed by atoms with van der Waals surface area (Å²) in [6.07, 6.45) is 0. The van der Waals surface area contributed by atoms with E-state index < -0.39 is 0 Å². The standard InChI is InChI=1S/C21H17N3OS/c1-3-9-16(10-4-1)21-23-20(25-24-21)15-22-18-13-7-8-14-19(18)26-17-11-5-2-6-12-17/h1-14,22H,15H2. The molecule has 0 aliphatic rings. The Bertz CT molecular complexity index is 971. The highest BCUT2D eigenvalue weighted by Crippen LogP contribution is 2.33. The minimum Gasteiger partial charge on any atom is -0.375 e. The maximum absolute atomic E-state index is 5.37. The molecule has 128 valence electrons. The fourth-order valence-electron chi connectivity index (χ4n) is 2.52. The van der Waals surface area contributed by atoms with Crippen LogP contribution >= 0.6 is 11.8 Å². The van der Waals surface area contributed by atoms with E-state index in [-0.39, 0.29) is 0 Å². The molecule has 0 amide bonds. The van der Waals surface area contributed by atoms with Gasteiger partial charge >= 0.3 is 0 Å². The van der Waals surface area contributed by atoms with Crippen LogP contribution in [0.4, 0.5) is 5.69 Å². The van der Waals surface area contributed by atoms with Crippen LogP contribution in [0.5, 0.6) is 0 Å². The van der Waals surface area contributed by atoms with Crippen LogP contribution in [0.1, 0.15) is 5.89 Å². The van der Waals surface area contributed by atoms with Crippen LogP contribution in [-0.2, 0) is 6.54 Å². The van der Waals surface area contributed by atoms with E-state index in [1.54, 1.807) is 11.8 Å². The highest BCUT2D eigenvalue weighted by atomic mass is 32.2. The van der Waals surface area contributed by atoms with Gasteiger partial charge in [0.25, 0.3) is 0 Å². The van der Waals surface area contributed by atoms with Crippen LogP contribution in [0, 0.1) is 0 Å². The molecule has 4 nitrogen and oxygen atoms in total. The number of aromatic nitrogens is 2. The van der Waals surface area contributed by atoms with E-state index in [9.17, 15) is 0 Å². The van der Waals surface area contributed by atoms with Crippen molar-refractivity contribution >= 4 is 17.4 Å². The van der Waals surface area contributed by atoms with Gasteiger partial charge in [-0.1, -0.05) is 77.6 Å². The summed E-state index contributed by atoms with van der Waals surface area (Å²) in [5, 5.41) is 7.46. The number of hydrogen-bond acceptors (Lipinski definition) is 5. The average Bonchev–Trinajstić information content (AvgIpc) is 3.18. The fourth-order valence-corrected chi connectivity index (χ4v) is 3.46. The van der Waals surface area contributed by atoms with Crippen molar-refractivity contribution in [3.8, 4) is 11.4 Å². The molecule has 5 heteroatoms. The van der Waals surface area contributed by atoms with E-state index in [1.165, 1.54) is 4.90 Å². The van der Waals surface area contributed by atoms with Crippen molar-refractivity contribution in [2.24, 2.45) is 0 Å². The molecular formula is C21H17N3OS. The maximum atomic E-state index is 5.37. The lowest BCUT2D eigenvalue weighted by Gasteiger charge is -2.10. The summed E-state index contributed by atoms with van der Waals surface area (Å²) in [6, 6.07) is 28.3. The zero-order valence-corrected chi connectivity index (χ0v) is 14.8. The molecule has 1 N–H and O–H groups in total. The third kappa shape index (κ3) is 3.95. The van der Waals surface area contributed by atoms with Crippen molar-refractivity contribution in [1.29, 1.82) is 0 Å². The number of nitrogens with zero attached hydrogens (tertiary/aromatic N) is 2. The summed E-state index contributed by atoms with van der Waals surface area (Å²) < 4.78 is 5.37. The smallest absolute Gasteiger partial charge is 0.246 e. The van der Waals surface area contributed by atoms with Crippen molar-refractivity contribution < 1.29 is 4.52 Å². The highest BCUT2D eigenvalue weighted by Gasteiger charge is 2.09. The predicted molar refractivity (Wildman–Crippen MR) is 104 cm³/mol. The molecule has 0 bridgehead atoms. The lowest BCUT2D eigenvalue weighted by atomic mass is 10.2. The molecule has 4 aromatic rings. The summed E-state index contributed by atoms with van der Waals surface area (Å²) in [4.78, 5) is 6.82. The molecule has 1 aromatic heterocycles. The monoisotopic (exact) mass is 359 g/mol. The van der Waals surface area contributed by atoms with Gasteiger partial charge in [0.15, 0.2) is 0 Å². The third-order valence-electron chi connectivity index (χ3n) is 3.79. The molecule has 1 heterocycles. The third-order valence-corrected chi connectivity index (χ3v) is 4.87. The Hall–Kier alpha value is -3.05. The Morgan fingerprint density at radius 3 is 2.31 bits per heavy atom. The highest BCUT2D eigenvalue weighted by molar-refractivity contribution is 7.99. The number of rotatable bonds is 6. The van der Waals surface area contributed by atoms with Gasteiger partial charge < -0.3 is 9.84 Å². The van der Waals surface area contributed by atoms with E-state index in [1.807, 2.05) is 60.7 Å². The Morgan fingerprint density at radius 1 is 0.808 bits per heavy atom. The first-order chi connectivity index (χ1) is 12.9. The van der Waals surface area contributed by atoms with E-state index in [0.29, 0.717) is 18.3 Å². The van der Waals surface area contributed by atoms with Crippen LogP contribution in [0.25, 0.3) is 11.4 Å². The summed E-state index contributed by atoms with van der Waals surface area (Å²) in [7, 11) is 0. The van der Waals surface area contributed by atoms with Crippen molar-refractivity contribution in [3.05, 3.63) is 90.8 Å². The molecular weight excluding hydrogens is 342 g/mol. The van der Waals surface area contributed by atoms with Gasteiger partial charge in [0.2, 0.25) is 11.7 Å². The van der Waals surface area contributed by atoms with E-state index >= 15 is 0 Å². The van der Waals surface area contributed by atoms with E-state index in [0.717, 1.165) is 16.1 Å². The zero-order valence-electron chi connectivity index (χ0n) is 14.0. The minimum absolute atomic E-state index is 0.478. The number of para-hydroxylation sites is 1. The van der Waals surface area contributed by atoms with Gasteiger partial charge in [-0.15, -0.1) is 0 Å². The molecule has 0 saturated carbocycles. The summed E-state index contributed by atoms with van der Waals surface area (Å²) >= 11 is 1.72. The van der Waals surface area contributed by atoms with Gasteiger partial charge in [0, 0.05) is 21.0 Å². The van der Waals surface area contributed by atoms with E-state index in [2.05, 4.69) is 39.7 Å². The normalized spacial score (nSPS) is 10.6. The topological polar surface area (TPSA) is 51.0 Å². The van der Waals surface area contributed by atoms with Crippen molar-refractivity contribution in [3.63, 3.8) is 0 Å². The SMILES string of the molecule is c1ccc(Sc2ccccc2NCc2nc(-c3ccccc3)no2)cc1. The summed E-state index contributed by atoms with van der Waals surface area (Å²) in [6.45, 7) is 0.478. The van der Waals surface area contributed by atoms with Gasteiger partial charge in [0.05, 0.1) is 6.54 Å². The number of nitrogens with one attached hydrogen (secondary N) is 1. The molecule has 4 rings (SSSR count). The summed E-state index contributed by atoms with van der Waals surface area (Å²) in [5.74, 6) is 1.16. The molecule has 0 unspecified atom stereocenters. The lowest BCUT2D eigenvalue weighted by molar-refractivity contribution is 0.384. The number of hydrogen-bond donors (Lipinski definition) is 1. The quantitative estimate of drug-likeness (QED) is 0.492. The molecule has 0 saturated heterocycles. The minimum atomic E-state index is 0.478. The Kier molecular flexibility index (Phi) is 4.98. The lowest BCUT2D eigenvalue weighted by Crippen LogP contribution is -2.00. The second-order valence-electron chi connectivity index (χ2n) is 5.64. The van der Waals surface area contributed by atoms with Gasteiger partial charge in [-0.2, -0.15) is 4.98 Å². The Labute approximate surface area is 156 Å². The summed E-state index contributed by atoms with van der Waals surface area (Å²) in [5.41, 5.74) is 1.99. The first kappa shape index (κ1) is 16.4. The van der Waals surface area contributed by atoms with Crippen molar-refractivity contribution in [2.75, 3.05) is 5.32 Å². The van der Waals surface area contributed by atoms with Gasteiger partial charge in [-0.05, 0) is 24.3 Å². The van der Waals surface area contributed by atoms with Crippen molar-refractivity contribution in [1.82, 2.24) is 10.1 Å². The Morgan fingerprint density at radius 2 is 1.50 bits per heavy atom. The molecule has 0 aliphatic carbocycles. The van der Waals surface area contributed by atoms with Crippen LogP contribution < -0.4 is 5.32 Å². The van der Waals surface area contributed by atoms with Gasteiger partial charge in [-0.3, -0.25) is 0 Å². The molecule has 0 atom stereocenters.